The van der Waals surface area contributed by atoms with Gasteiger partial charge in [0, 0.05) is 159 Å². The van der Waals surface area contributed by atoms with E-state index in [2.05, 4.69) is 73.6 Å². The number of amides is 5. The third-order valence-corrected chi connectivity index (χ3v) is 21.0. The number of benzene rings is 6. The van der Waals surface area contributed by atoms with Crippen molar-refractivity contribution in [3.8, 4) is 62.9 Å². The first-order valence-corrected chi connectivity index (χ1v) is 41.6. The Balaban J connectivity index is 0.000000258. The van der Waals surface area contributed by atoms with Gasteiger partial charge in [-0.05, 0) is 144 Å². The van der Waals surface area contributed by atoms with Crippen LogP contribution >= 0.6 is 0 Å². The van der Waals surface area contributed by atoms with Gasteiger partial charge in [0.25, 0.3) is 23.6 Å². The van der Waals surface area contributed by atoms with Crippen LogP contribution in [0.25, 0.3) is 45.0 Å². The van der Waals surface area contributed by atoms with Crippen molar-refractivity contribution in [3.63, 3.8) is 0 Å². The minimum atomic E-state index is -0.326. The molecule has 2 saturated carbocycles. The Hall–Kier alpha value is -13.2. The summed E-state index contributed by atoms with van der Waals surface area (Å²) in [6, 6.07) is 52.3. The van der Waals surface area contributed by atoms with E-state index >= 15 is 0 Å². The lowest BCUT2D eigenvalue weighted by Gasteiger charge is -2.31. The van der Waals surface area contributed by atoms with Gasteiger partial charge in [0.2, 0.25) is 29.7 Å². The summed E-state index contributed by atoms with van der Waals surface area (Å²) >= 11 is 0. The Bertz CT molecular complexity index is 5180. The van der Waals surface area contributed by atoms with E-state index in [0.717, 1.165) is 115 Å². The van der Waals surface area contributed by atoms with Gasteiger partial charge < -0.3 is 66.0 Å². The molecule has 3 aliphatic rings. The highest BCUT2D eigenvalue weighted by Crippen LogP contribution is 2.33. The van der Waals surface area contributed by atoms with Crippen LogP contribution in [0.15, 0.2) is 176 Å². The number of aryl methyl sites for hydroxylation is 2. The van der Waals surface area contributed by atoms with Crippen molar-refractivity contribution in [2.75, 3.05) is 129 Å². The van der Waals surface area contributed by atoms with E-state index in [1.165, 1.54) is 24.8 Å². The summed E-state index contributed by atoms with van der Waals surface area (Å²) in [5, 5.41) is 33.8. The number of carbonyl (C=O) groups excluding carboxylic acids is 5. The molecule has 122 heavy (non-hydrogen) atoms. The van der Waals surface area contributed by atoms with Gasteiger partial charge in [0.05, 0.1) is 87.9 Å². The number of methoxy groups -OCH3 is 4. The smallest absolute Gasteiger partial charge is 0.257 e. The average molecular weight is 1660 g/mol. The summed E-state index contributed by atoms with van der Waals surface area (Å²) in [6.07, 6.45) is 18.4. The Morgan fingerprint density at radius 1 is 0.525 bits per heavy atom. The molecule has 1 atom stereocenters. The molecule has 28 heteroatoms. The number of rotatable bonds is 34. The predicted molar refractivity (Wildman–Crippen MR) is 482 cm³/mol. The number of nitrogens with two attached hydrogens (primary N) is 1. The highest BCUT2D eigenvalue weighted by Gasteiger charge is 2.31. The minimum Gasteiger partial charge on any atom is -0.497 e. The molecule has 1 saturated heterocycles. The molecule has 7 N–H and O–H groups in total. The lowest BCUT2D eigenvalue weighted by molar-refractivity contribution is -0.122. The van der Waals surface area contributed by atoms with E-state index in [1.54, 1.807) is 94.5 Å². The van der Waals surface area contributed by atoms with Crippen LogP contribution in [0, 0.1) is 48.3 Å². The zero-order valence-corrected chi connectivity index (χ0v) is 71.0. The topological polar surface area (TPSA) is 369 Å². The molecule has 28 nitrogen and oxygen atoms in total. The van der Waals surface area contributed by atoms with Crippen molar-refractivity contribution in [1.82, 2.24) is 60.3 Å². The summed E-state index contributed by atoms with van der Waals surface area (Å²) in [6.45, 7) is 13.1. The van der Waals surface area contributed by atoms with Gasteiger partial charge in [-0.15, -0.1) is 0 Å². The molecule has 1 unspecified atom stereocenters. The fourth-order valence-corrected chi connectivity index (χ4v) is 13.9. The summed E-state index contributed by atoms with van der Waals surface area (Å²) in [5.74, 6) is 2.35. The second kappa shape index (κ2) is 47.6. The van der Waals surface area contributed by atoms with Crippen LogP contribution in [-0.2, 0) is 32.0 Å². The Kier molecular flexibility index (Phi) is 35.6. The molecule has 5 heterocycles. The van der Waals surface area contributed by atoms with E-state index in [4.69, 9.17) is 34.9 Å². The largest absolute Gasteiger partial charge is 0.497 e. The highest BCUT2D eigenvalue weighted by molar-refractivity contribution is 6.02. The third kappa shape index (κ3) is 27.2. The second-order valence-electron chi connectivity index (χ2n) is 30.1. The SMILES string of the molecule is CCN(Cc1ccccc1)C(=O)c1cnc(N2CCCC(C(N)=O)C2)nc1-c1ccc(C#N)cc1.COCCCNC(=O)c1cnc(NCC2CC2)nc1-c1cccc(C)c1.COCCCNC(=O)c1cnc(NCCc2ccc(OC)cc2)nc1-c1cccc(C)c1.COCCNc1ncc(C(=O)N(C)C2CCCCC2)c(-c2ccc(C#N)cc2)n1.[HH].[HH].[HH].[HH]. The van der Waals surface area contributed by atoms with Crippen molar-refractivity contribution >= 4 is 53.3 Å². The summed E-state index contributed by atoms with van der Waals surface area (Å²) in [5.41, 5.74) is 18.5. The maximum Gasteiger partial charge on any atom is 0.257 e. The van der Waals surface area contributed by atoms with Gasteiger partial charge in [-0.3, -0.25) is 24.0 Å². The monoisotopic (exact) mass is 1660 g/mol. The Morgan fingerprint density at radius 3 is 1.54 bits per heavy atom. The zero-order valence-electron chi connectivity index (χ0n) is 71.0. The standard InChI is InChI=1S/C27H28N6O2.C25H30N4O3.C22H27N5O2.C20H26N4O2.4H2/c1-2-32(17-20-7-4-3-5-8-20)26(35)23-16-30-27(33-14-6-9-22(18-33)25(29)34)31-24(23)21-12-10-19(15-28)11-13-21;1-18-6-4-7-20(16-18)23-22(24(30)26-13-5-15-31-2)17-28-25(29-23)27-14-12-19-8-10-21(32-3)11-9-19;1-27(18-6-4-3-5-7-18)21(28)19-15-25-22(24-12-13-29-2)26-20(19)17-10-8-16(14-23)9-11-17;1-14-5-3-6-16(11-14)18-17(19(25)21-9-4-10-26-2)13-23-20(24-18)22-12-15-7-8-15;;;;/h3-5,7-8,10-13,16,22H,2,6,9,14,17-18H2,1H3,(H2,29,34);4,6-11,16-17H,5,12-15H2,1-3H3,(H,26,30)(H,27,28,29);8-11,15,18H,3-7,12-13H2,1-2H3,(H,24,25,26);3,5-6,11,13,15H,4,7-10,12H2,1-2H3,(H,21,25)(H,22,23,24);4*1H. The van der Waals surface area contributed by atoms with E-state index in [1.807, 2.05) is 153 Å². The van der Waals surface area contributed by atoms with Gasteiger partial charge in [-0.2, -0.15) is 10.5 Å². The van der Waals surface area contributed by atoms with Crippen LogP contribution in [-0.4, -0.2) is 193 Å². The normalized spacial score (nSPS) is 13.4. The molecule has 3 fully saturated rings. The molecular weight excluding hydrogens is 1540 g/mol. The van der Waals surface area contributed by atoms with Crippen molar-refractivity contribution in [3.05, 3.63) is 232 Å². The molecule has 2 aliphatic carbocycles. The highest BCUT2D eigenvalue weighted by atomic mass is 16.5. The number of primary amides is 1. The van der Waals surface area contributed by atoms with Crippen molar-refractivity contribution in [2.45, 2.75) is 110 Å². The molecule has 6 aromatic carbocycles. The van der Waals surface area contributed by atoms with Crippen LogP contribution in [0.3, 0.4) is 0 Å². The summed E-state index contributed by atoms with van der Waals surface area (Å²) < 4.78 is 20.3. The molecule has 0 bridgehead atoms. The number of nitriles is 2. The van der Waals surface area contributed by atoms with E-state index < -0.39 is 0 Å². The fraction of sp³-hybridized carbons (Fsp3) is 0.372. The van der Waals surface area contributed by atoms with Gasteiger partial charge in [0.15, 0.2) is 0 Å². The number of nitrogens with zero attached hydrogens (tertiary/aromatic N) is 13. The van der Waals surface area contributed by atoms with E-state index in [0.29, 0.717) is 152 Å². The second-order valence-corrected chi connectivity index (χ2v) is 30.1. The average Bonchev–Trinajstić information content (AvgIpc) is 1.16. The maximum absolute atomic E-state index is 13.6. The van der Waals surface area contributed by atoms with Crippen LogP contribution in [0.1, 0.15) is 158 Å². The predicted octanol–water partition coefficient (Wildman–Crippen LogP) is 14.8. The molecule has 0 radical (unpaired) electrons. The minimum absolute atomic E-state index is 0. The van der Waals surface area contributed by atoms with Gasteiger partial charge >= 0.3 is 0 Å². The number of carbonyl (C=O) groups is 5. The van der Waals surface area contributed by atoms with Crippen molar-refractivity contribution in [1.29, 1.82) is 10.5 Å². The molecular formula is C94H119N19O9. The first-order chi connectivity index (χ1) is 59.4. The first kappa shape index (κ1) is 91.2. The van der Waals surface area contributed by atoms with Crippen LogP contribution in [0.2, 0.25) is 0 Å². The number of nitrogens with one attached hydrogen (secondary N) is 5. The number of piperidine rings is 1. The molecule has 13 rings (SSSR count). The van der Waals surface area contributed by atoms with Gasteiger partial charge in [0.1, 0.15) is 5.75 Å². The number of ether oxygens (including phenoxy) is 4. The summed E-state index contributed by atoms with van der Waals surface area (Å²) in [4.78, 5) is 106. The zero-order chi connectivity index (χ0) is 86.5. The van der Waals surface area contributed by atoms with Gasteiger partial charge in [-0.1, -0.05) is 134 Å². The lowest BCUT2D eigenvalue weighted by atomic mass is 9.94. The molecule has 4 aromatic heterocycles. The molecule has 644 valence electrons. The fourth-order valence-electron chi connectivity index (χ4n) is 13.9. The molecule has 5 amide bonds. The van der Waals surface area contributed by atoms with Crippen LogP contribution in [0.4, 0.5) is 23.8 Å². The third-order valence-electron chi connectivity index (χ3n) is 21.0. The summed E-state index contributed by atoms with van der Waals surface area (Å²) in [7, 11) is 8.45. The van der Waals surface area contributed by atoms with E-state index in [-0.39, 0.29) is 47.2 Å². The van der Waals surface area contributed by atoms with Crippen LogP contribution in [0.5, 0.6) is 5.75 Å². The first-order valence-electron chi connectivity index (χ1n) is 41.6. The number of hydrogen-bond donors (Lipinski definition) is 6. The van der Waals surface area contributed by atoms with Crippen LogP contribution < -0.4 is 42.0 Å². The molecule has 1 aliphatic heterocycles. The maximum atomic E-state index is 13.6. The van der Waals surface area contributed by atoms with Crippen molar-refractivity contribution < 1.29 is 48.6 Å². The molecule has 0 spiro atoms. The molecule has 10 aromatic rings. The van der Waals surface area contributed by atoms with E-state index in [9.17, 15) is 29.2 Å². The van der Waals surface area contributed by atoms with Gasteiger partial charge in [-0.25, -0.2) is 39.9 Å². The number of aromatic nitrogens is 8. The van der Waals surface area contributed by atoms with Crippen molar-refractivity contribution in [2.24, 2.45) is 17.6 Å². The number of hydrogen-bond acceptors (Lipinski definition) is 23. The lowest BCUT2D eigenvalue weighted by Crippen LogP contribution is -2.42. The Morgan fingerprint density at radius 2 is 1.03 bits per heavy atom. The number of anilines is 4. The quantitative estimate of drug-likeness (QED) is 0.0204. The Labute approximate surface area is 720 Å².